The average molecular weight is 264 g/mol. The van der Waals surface area contributed by atoms with Crippen LogP contribution < -0.4 is 0 Å². The minimum atomic E-state index is -4.00. The highest BCUT2D eigenvalue weighted by Crippen LogP contribution is 2.37. The Morgan fingerprint density at radius 2 is 2.31 bits per heavy atom. The first-order chi connectivity index (χ1) is 7.45. The van der Waals surface area contributed by atoms with Crippen molar-refractivity contribution in [2.24, 2.45) is 0 Å². The van der Waals surface area contributed by atoms with E-state index < -0.39 is 21.2 Å². The molecule has 1 saturated heterocycles. The molecule has 0 bridgehead atoms. The van der Waals surface area contributed by atoms with E-state index in [4.69, 9.17) is 10.7 Å². The van der Waals surface area contributed by atoms with Gasteiger partial charge in [-0.05, 0) is 6.92 Å². The number of nitrogens with zero attached hydrogens (tertiary/aromatic N) is 3. The molecule has 1 atom stereocenters. The fourth-order valence-corrected chi connectivity index (χ4v) is 3.09. The van der Waals surface area contributed by atoms with Crippen molar-refractivity contribution in [1.29, 1.82) is 0 Å². The number of β-lactam (4-membered cyclic amide) rings is 1. The number of hydrogen-bond acceptors (Lipinski definition) is 4. The zero-order valence-electron chi connectivity index (χ0n) is 8.50. The Balaban J connectivity index is 2.34. The van der Waals surface area contributed by atoms with E-state index in [1.165, 1.54) is 0 Å². The number of carbonyl (C=O) groups excluding carboxylic acids is 1. The number of hydrogen-bond donors (Lipinski definition) is 0. The monoisotopic (exact) mass is 263 g/mol. The number of aryl methyl sites for hydroxylation is 1. The zero-order chi connectivity index (χ0) is 11.9. The van der Waals surface area contributed by atoms with E-state index in [2.05, 4.69) is 4.98 Å². The molecule has 0 radical (unpaired) electrons. The fourth-order valence-electron chi connectivity index (χ4n) is 1.77. The van der Waals surface area contributed by atoms with E-state index in [0.717, 1.165) is 0 Å². The molecule has 0 saturated carbocycles. The van der Waals surface area contributed by atoms with Crippen molar-refractivity contribution in [2.45, 2.75) is 25.9 Å². The van der Waals surface area contributed by atoms with Crippen LogP contribution in [0.15, 0.2) is 12.5 Å². The maximum atomic E-state index is 11.2. The summed E-state index contributed by atoms with van der Waals surface area (Å²) in [5, 5.41) is 0. The van der Waals surface area contributed by atoms with Crippen LogP contribution in [-0.4, -0.2) is 28.2 Å². The van der Waals surface area contributed by atoms with Crippen LogP contribution in [-0.2, 0) is 20.6 Å². The maximum absolute atomic E-state index is 11.2. The Morgan fingerprint density at radius 1 is 1.62 bits per heavy atom. The lowest BCUT2D eigenvalue weighted by Gasteiger charge is -2.37. The Hall–Kier alpha value is -1.08. The molecule has 0 aliphatic carbocycles. The summed E-state index contributed by atoms with van der Waals surface area (Å²) in [5.74, 6) is -0.483. The van der Waals surface area contributed by atoms with Crippen LogP contribution in [0.5, 0.6) is 0 Å². The molecule has 0 N–H and O–H groups in total. The van der Waals surface area contributed by atoms with E-state index in [-0.39, 0.29) is 6.42 Å². The molecule has 0 aromatic carbocycles. The van der Waals surface area contributed by atoms with Crippen LogP contribution >= 0.6 is 10.7 Å². The maximum Gasteiger partial charge on any atom is 0.324 e. The highest BCUT2D eigenvalue weighted by molar-refractivity contribution is 8.12. The van der Waals surface area contributed by atoms with E-state index in [9.17, 15) is 13.2 Å². The van der Waals surface area contributed by atoms with Crippen molar-refractivity contribution in [3.8, 4) is 0 Å². The number of halogens is 1. The summed E-state index contributed by atoms with van der Waals surface area (Å²) < 4.78 is 24.8. The molecule has 0 spiro atoms. The van der Waals surface area contributed by atoms with Gasteiger partial charge >= 0.3 is 9.24 Å². The molecule has 1 aromatic heterocycles. The predicted octanol–water partition coefficient (Wildman–Crippen LogP) is 0.660. The van der Waals surface area contributed by atoms with Gasteiger partial charge in [0.2, 0.25) is 5.91 Å². The summed E-state index contributed by atoms with van der Waals surface area (Å²) in [5.41, 5.74) is 0.686. The van der Waals surface area contributed by atoms with Gasteiger partial charge in [-0.3, -0.25) is 4.79 Å². The van der Waals surface area contributed by atoms with Crippen molar-refractivity contribution in [1.82, 2.24) is 13.9 Å². The van der Waals surface area contributed by atoms with Crippen molar-refractivity contribution < 1.29 is 13.2 Å². The zero-order valence-corrected chi connectivity index (χ0v) is 10.1. The number of imidazole rings is 1. The standard InChI is InChI=1S/C8H10ClN3O3S/c1-2-11-5-10-4-7(11)6-3-8(13)12(6)16(9,14)15/h4-6H,2-3H2,1H3. The number of aromatic nitrogens is 2. The highest BCUT2D eigenvalue weighted by atomic mass is 35.7. The van der Waals surface area contributed by atoms with Gasteiger partial charge in [0.15, 0.2) is 0 Å². The molecule has 1 amide bonds. The molecular formula is C8H10ClN3O3S. The summed E-state index contributed by atoms with van der Waals surface area (Å²) in [6.07, 6.45) is 3.30. The Morgan fingerprint density at radius 3 is 2.81 bits per heavy atom. The fraction of sp³-hybridized carbons (Fsp3) is 0.500. The molecule has 2 rings (SSSR count). The van der Waals surface area contributed by atoms with Crippen LogP contribution in [0.1, 0.15) is 25.1 Å². The van der Waals surface area contributed by atoms with Crippen molar-refractivity contribution >= 4 is 25.8 Å². The quantitative estimate of drug-likeness (QED) is 0.593. The summed E-state index contributed by atoms with van der Waals surface area (Å²) in [7, 11) is 1.18. The SMILES string of the molecule is CCn1cncc1C1CC(=O)N1S(=O)(=O)Cl. The number of carbonyl (C=O) groups is 1. The second-order valence-corrected chi connectivity index (χ2v) is 5.84. The third-order valence-electron chi connectivity index (χ3n) is 2.56. The van der Waals surface area contributed by atoms with Gasteiger partial charge in [-0.2, -0.15) is 8.42 Å². The predicted molar refractivity (Wildman–Crippen MR) is 56.9 cm³/mol. The first kappa shape index (κ1) is 11.4. The van der Waals surface area contributed by atoms with Gasteiger partial charge in [0, 0.05) is 17.2 Å². The molecule has 1 unspecified atom stereocenters. The van der Waals surface area contributed by atoms with Gasteiger partial charge < -0.3 is 4.57 Å². The normalized spacial score (nSPS) is 21.0. The van der Waals surface area contributed by atoms with Gasteiger partial charge in [0.05, 0.1) is 30.7 Å². The number of rotatable bonds is 3. The summed E-state index contributed by atoms with van der Waals surface area (Å²) in [6, 6.07) is -0.516. The van der Waals surface area contributed by atoms with E-state index >= 15 is 0 Å². The highest BCUT2D eigenvalue weighted by Gasteiger charge is 2.45. The Kier molecular flexibility index (Phi) is 2.67. The molecule has 1 aliphatic heterocycles. The average Bonchev–Trinajstić information content (AvgIpc) is 2.57. The van der Waals surface area contributed by atoms with E-state index in [1.807, 2.05) is 6.92 Å². The molecular weight excluding hydrogens is 254 g/mol. The Labute approximate surface area is 97.4 Å². The first-order valence-corrected chi connectivity index (χ1v) is 6.98. The summed E-state index contributed by atoms with van der Waals surface area (Å²) in [6.45, 7) is 2.57. The van der Waals surface area contributed by atoms with Gasteiger partial charge in [-0.15, -0.1) is 0 Å². The lowest BCUT2D eigenvalue weighted by atomic mass is 10.0. The van der Waals surface area contributed by atoms with Crippen LogP contribution in [0, 0.1) is 0 Å². The van der Waals surface area contributed by atoms with Gasteiger partial charge in [0.25, 0.3) is 0 Å². The first-order valence-electron chi connectivity index (χ1n) is 4.72. The number of amides is 1. The topological polar surface area (TPSA) is 72.3 Å². The molecule has 1 fully saturated rings. The lowest BCUT2D eigenvalue weighted by Crippen LogP contribution is -2.48. The van der Waals surface area contributed by atoms with Crippen molar-refractivity contribution in [3.05, 3.63) is 18.2 Å². The molecule has 8 heteroatoms. The van der Waals surface area contributed by atoms with Crippen LogP contribution in [0.4, 0.5) is 0 Å². The molecule has 1 aliphatic rings. The molecule has 88 valence electrons. The second-order valence-electron chi connectivity index (χ2n) is 3.46. The third-order valence-corrected chi connectivity index (χ3v) is 3.93. The second kappa shape index (κ2) is 3.74. The van der Waals surface area contributed by atoms with Crippen molar-refractivity contribution in [2.75, 3.05) is 0 Å². The lowest BCUT2D eigenvalue weighted by molar-refractivity contribution is -0.137. The summed E-state index contributed by atoms with van der Waals surface area (Å²) >= 11 is 0. The van der Waals surface area contributed by atoms with Gasteiger partial charge in [0.1, 0.15) is 0 Å². The molecule has 1 aromatic rings. The van der Waals surface area contributed by atoms with Crippen LogP contribution in [0.25, 0.3) is 0 Å². The van der Waals surface area contributed by atoms with Gasteiger partial charge in [-0.1, -0.05) is 0 Å². The van der Waals surface area contributed by atoms with Crippen molar-refractivity contribution in [3.63, 3.8) is 0 Å². The molecule has 2 heterocycles. The van der Waals surface area contributed by atoms with Gasteiger partial charge in [-0.25, -0.2) is 9.29 Å². The van der Waals surface area contributed by atoms with Crippen LogP contribution in [0.3, 0.4) is 0 Å². The molecule has 16 heavy (non-hydrogen) atoms. The smallest absolute Gasteiger partial charge is 0.324 e. The van der Waals surface area contributed by atoms with E-state index in [1.54, 1.807) is 17.1 Å². The minimum Gasteiger partial charge on any atom is -0.333 e. The third kappa shape index (κ3) is 1.69. The molecule has 6 nitrogen and oxygen atoms in total. The van der Waals surface area contributed by atoms with Crippen LogP contribution in [0.2, 0.25) is 0 Å². The Bertz CT molecular complexity index is 524. The largest absolute Gasteiger partial charge is 0.333 e. The van der Waals surface area contributed by atoms with E-state index in [0.29, 0.717) is 16.5 Å². The minimum absolute atomic E-state index is 0.150. The summed E-state index contributed by atoms with van der Waals surface area (Å²) in [4.78, 5) is 15.1.